The lowest BCUT2D eigenvalue weighted by molar-refractivity contribution is -0.120. The molecule has 1 atom stereocenters. The van der Waals surface area contributed by atoms with Gasteiger partial charge < -0.3 is 14.5 Å². The van der Waals surface area contributed by atoms with Crippen LogP contribution in [0.25, 0.3) is 0 Å². The predicted molar refractivity (Wildman–Crippen MR) is 121 cm³/mol. The molecule has 1 unspecified atom stereocenters. The van der Waals surface area contributed by atoms with E-state index in [0.29, 0.717) is 37.5 Å². The van der Waals surface area contributed by atoms with E-state index in [9.17, 15) is 9.59 Å². The lowest BCUT2D eigenvalue weighted by Gasteiger charge is -2.26. The Balaban J connectivity index is 1.94. The van der Waals surface area contributed by atoms with Crippen LogP contribution in [0.15, 0.2) is 6.20 Å². The second kappa shape index (κ2) is 10.3. The van der Waals surface area contributed by atoms with Crippen LogP contribution in [-0.4, -0.2) is 64.0 Å². The van der Waals surface area contributed by atoms with Gasteiger partial charge in [-0.3, -0.25) is 4.79 Å². The maximum Gasteiger partial charge on any atom is 0.410 e. The van der Waals surface area contributed by atoms with Gasteiger partial charge in [-0.25, -0.2) is 9.25 Å². The fourth-order valence-electron chi connectivity index (χ4n) is 3.27. The molecule has 0 N–H and O–H groups in total. The van der Waals surface area contributed by atoms with Gasteiger partial charge >= 0.3 is 6.09 Å². The molecule has 0 aliphatic heterocycles. The van der Waals surface area contributed by atoms with Gasteiger partial charge in [0.25, 0.3) is 0 Å². The van der Waals surface area contributed by atoms with Crippen LogP contribution in [-0.2, 0) is 16.1 Å². The molecule has 1 aliphatic rings. The molecule has 158 valence electrons. The smallest absolute Gasteiger partial charge is 0.410 e. The highest BCUT2D eigenvalue weighted by Crippen LogP contribution is 2.35. The van der Waals surface area contributed by atoms with E-state index in [0.717, 1.165) is 31.6 Å². The number of rotatable bonds is 7. The van der Waals surface area contributed by atoms with Crippen molar-refractivity contribution in [1.82, 2.24) is 19.4 Å². The number of likely N-dealkylation sites (N-methyl/N-ethyl adjacent to an activating group) is 2. The Hall–Kier alpha value is -0.730. The highest BCUT2D eigenvalue weighted by molar-refractivity contribution is 14.2. The Morgan fingerprint density at radius 3 is 2.54 bits per heavy atom. The van der Waals surface area contributed by atoms with Crippen LogP contribution in [0.1, 0.15) is 63.6 Å². The molecule has 1 fully saturated rings. The third kappa shape index (κ3) is 7.26. The van der Waals surface area contributed by atoms with Crippen molar-refractivity contribution in [2.24, 2.45) is 0 Å². The van der Waals surface area contributed by atoms with Gasteiger partial charge in [0.15, 0.2) is 0 Å². The quantitative estimate of drug-likeness (QED) is 0.397. The summed E-state index contributed by atoms with van der Waals surface area (Å²) in [5, 5.41) is 4.79. The molecular formula is C19H32IN4O3P. The van der Waals surface area contributed by atoms with E-state index in [1.165, 1.54) is 5.56 Å². The minimum Gasteiger partial charge on any atom is -0.444 e. The third-order valence-corrected chi connectivity index (χ3v) is 6.69. The molecule has 28 heavy (non-hydrogen) atoms. The molecular weight excluding hydrogens is 490 g/mol. The van der Waals surface area contributed by atoms with Crippen LogP contribution < -0.4 is 0 Å². The largest absolute Gasteiger partial charge is 0.444 e. The second-order valence-electron chi connectivity index (χ2n) is 8.52. The van der Waals surface area contributed by atoms with Crippen LogP contribution >= 0.6 is 28.4 Å². The van der Waals surface area contributed by atoms with Crippen molar-refractivity contribution in [2.45, 2.75) is 64.5 Å². The first-order valence-corrected chi connectivity index (χ1v) is 13.7. The van der Waals surface area contributed by atoms with Crippen molar-refractivity contribution in [3.05, 3.63) is 17.5 Å². The number of hydrogen-bond donors (Lipinski definition) is 0. The molecule has 1 aromatic heterocycles. The number of ketones is 1. The normalized spacial score (nSPS) is 16.3. The zero-order chi connectivity index (χ0) is 20.9. The Kier molecular flexibility index (Phi) is 8.70. The maximum absolute atomic E-state index is 12.1. The van der Waals surface area contributed by atoms with E-state index in [-0.39, 0.29) is 6.09 Å². The van der Waals surface area contributed by atoms with Gasteiger partial charge in [0.2, 0.25) is 0 Å². The molecule has 0 bridgehead atoms. The van der Waals surface area contributed by atoms with Gasteiger partial charge in [-0.2, -0.15) is 5.10 Å². The standard InChI is InChI=1S/C19H32IN4O3P/c1-19(2,3)27-18(26)23(5)11-10-22(4)12-15-13-24(28-20)21-17(15)14-6-8-16(25)9-7-14/h13-14,28H,6-12H2,1-5H3. The summed E-state index contributed by atoms with van der Waals surface area (Å²) in [6.45, 7) is 7.74. The van der Waals surface area contributed by atoms with Gasteiger partial charge in [-0.1, -0.05) is 0 Å². The minimum absolute atomic E-state index is 0.299. The van der Waals surface area contributed by atoms with E-state index >= 15 is 0 Å². The van der Waals surface area contributed by atoms with Crippen LogP contribution in [0.3, 0.4) is 0 Å². The van der Waals surface area contributed by atoms with Gasteiger partial charge in [-0.15, -0.1) is 0 Å². The summed E-state index contributed by atoms with van der Waals surface area (Å²) in [4.78, 5) is 27.5. The number of amides is 1. The molecule has 0 saturated heterocycles. The fourth-order valence-corrected chi connectivity index (χ4v) is 4.36. The SMILES string of the molecule is CN(CCN(C)C(=O)OC(C)(C)C)Cc1cn(PI)nc1C1CCC(=O)CC1. The van der Waals surface area contributed by atoms with Crippen LogP contribution in [0.4, 0.5) is 4.79 Å². The summed E-state index contributed by atoms with van der Waals surface area (Å²) >= 11 is 2.34. The summed E-state index contributed by atoms with van der Waals surface area (Å²) in [5.74, 6) is 0.745. The number of Topliss-reactive ketones (excluding diaryl/α,β-unsaturated/α-hetero) is 1. The van der Waals surface area contributed by atoms with Gasteiger partial charge in [-0.05, 0) is 62.7 Å². The molecule has 1 amide bonds. The van der Waals surface area contributed by atoms with E-state index in [1.54, 1.807) is 11.9 Å². The summed E-state index contributed by atoms with van der Waals surface area (Å²) in [6.07, 6.45) is 5.53. The Morgan fingerprint density at radius 1 is 1.32 bits per heavy atom. The zero-order valence-electron chi connectivity index (χ0n) is 17.5. The van der Waals surface area contributed by atoms with Gasteiger partial charge in [0.1, 0.15) is 11.4 Å². The van der Waals surface area contributed by atoms with Crippen molar-refractivity contribution >= 4 is 40.3 Å². The van der Waals surface area contributed by atoms with Crippen molar-refractivity contribution in [2.75, 3.05) is 27.2 Å². The van der Waals surface area contributed by atoms with E-state index < -0.39 is 5.60 Å². The van der Waals surface area contributed by atoms with E-state index in [2.05, 4.69) is 40.2 Å². The average Bonchev–Trinajstić information content (AvgIpc) is 3.01. The monoisotopic (exact) mass is 522 g/mol. The highest BCUT2D eigenvalue weighted by atomic mass is 127. The Labute approximate surface area is 182 Å². The highest BCUT2D eigenvalue weighted by Gasteiger charge is 2.26. The predicted octanol–water partition coefficient (Wildman–Crippen LogP) is 4.20. The Bertz CT molecular complexity index is 679. The molecule has 0 radical (unpaired) electrons. The fraction of sp³-hybridized carbons (Fsp3) is 0.737. The van der Waals surface area contributed by atoms with Crippen molar-refractivity contribution in [3.8, 4) is 0 Å². The first-order chi connectivity index (χ1) is 13.1. The second-order valence-corrected chi connectivity index (χ2v) is 10.6. The molecule has 9 heteroatoms. The minimum atomic E-state index is -0.484. The molecule has 2 rings (SSSR count). The number of carbonyl (C=O) groups is 2. The zero-order valence-corrected chi connectivity index (χ0v) is 20.7. The first-order valence-electron chi connectivity index (χ1n) is 9.68. The topological polar surface area (TPSA) is 67.7 Å². The number of halogens is 1. The Morgan fingerprint density at radius 2 is 1.96 bits per heavy atom. The van der Waals surface area contributed by atoms with Crippen LogP contribution in [0.5, 0.6) is 0 Å². The number of hydrogen-bond acceptors (Lipinski definition) is 5. The molecule has 0 spiro atoms. The molecule has 1 aliphatic carbocycles. The lowest BCUT2D eigenvalue weighted by Crippen LogP contribution is -2.38. The summed E-state index contributed by atoms with van der Waals surface area (Å²) in [6, 6.07) is 0. The summed E-state index contributed by atoms with van der Waals surface area (Å²) in [5.41, 5.74) is 1.89. The van der Waals surface area contributed by atoms with Crippen LogP contribution in [0, 0.1) is 0 Å². The third-order valence-electron chi connectivity index (χ3n) is 4.80. The molecule has 1 aromatic rings. The van der Waals surface area contributed by atoms with E-state index in [4.69, 9.17) is 9.84 Å². The number of ether oxygens (including phenoxy) is 1. The molecule has 0 aromatic carbocycles. The van der Waals surface area contributed by atoms with Crippen molar-refractivity contribution in [1.29, 1.82) is 0 Å². The molecule has 1 saturated carbocycles. The first kappa shape index (κ1) is 23.5. The summed E-state index contributed by atoms with van der Waals surface area (Å²) < 4.78 is 7.41. The number of aromatic nitrogens is 2. The van der Waals surface area contributed by atoms with Gasteiger partial charge in [0.05, 0.1) is 12.1 Å². The summed E-state index contributed by atoms with van der Waals surface area (Å²) in [7, 11) is 3.82. The maximum atomic E-state index is 12.1. The van der Waals surface area contributed by atoms with Crippen molar-refractivity contribution < 1.29 is 14.3 Å². The number of nitrogens with zero attached hydrogens (tertiary/aromatic N) is 4. The lowest BCUT2D eigenvalue weighted by atomic mass is 9.85. The average molecular weight is 522 g/mol. The van der Waals surface area contributed by atoms with E-state index in [1.807, 2.05) is 25.2 Å². The molecule has 1 heterocycles. The number of carbonyl (C=O) groups excluding carboxylic acids is 2. The van der Waals surface area contributed by atoms with Crippen molar-refractivity contribution in [3.63, 3.8) is 0 Å². The van der Waals surface area contributed by atoms with Crippen LogP contribution in [0.2, 0.25) is 0 Å². The van der Waals surface area contributed by atoms with Gasteiger partial charge in [0, 0.05) is 57.2 Å². The molecule has 7 nitrogen and oxygen atoms in total.